The van der Waals surface area contributed by atoms with Gasteiger partial charge in [-0.05, 0) is 0 Å². The summed E-state index contributed by atoms with van der Waals surface area (Å²) in [6, 6.07) is 0. The molecule has 0 bridgehead atoms. The van der Waals surface area contributed by atoms with E-state index in [4.69, 9.17) is 5.73 Å². The van der Waals surface area contributed by atoms with Crippen LogP contribution in [0.1, 0.15) is 12.8 Å². The molecular weight excluding hydrogens is 357 g/mol. The van der Waals surface area contributed by atoms with Crippen molar-refractivity contribution in [1.29, 1.82) is 0 Å². The fourth-order valence-corrected chi connectivity index (χ4v) is 5.01. The van der Waals surface area contributed by atoms with E-state index >= 15 is 0 Å². The first-order valence-electron chi connectivity index (χ1n) is 4.69. The first-order chi connectivity index (χ1) is 6.75. The molecule has 2 aliphatic rings. The Morgan fingerprint density at radius 3 is 3.21 bits per heavy atom. The van der Waals surface area contributed by atoms with Gasteiger partial charge in [0.05, 0.1) is 0 Å². The molecule has 2 rings (SSSR count). The summed E-state index contributed by atoms with van der Waals surface area (Å²) in [5, 5.41) is 3.58. The van der Waals surface area contributed by atoms with Gasteiger partial charge >= 0.3 is 104 Å². The van der Waals surface area contributed by atoms with Gasteiger partial charge in [0, 0.05) is 0 Å². The zero-order valence-electron chi connectivity index (χ0n) is 7.84. The number of hydrogen-bond acceptors (Lipinski definition) is 3. The van der Waals surface area contributed by atoms with Gasteiger partial charge in [0.25, 0.3) is 0 Å². The quantitative estimate of drug-likeness (QED) is 0.258. The van der Waals surface area contributed by atoms with Crippen molar-refractivity contribution in [3.63, 3.8) is 0 Å². The maximum absolute atomic E-state index is 5.91. The molecule has 0 aromatic carbocycles. The SMILES string of the molecule is NC1=C(NC2CCC[I-]2)CN(Br)C=C1. The van der Waals surface area contributed by atoms with E-state index in [9.17, 15) is 0 Å². The second kappa shape index (κ2) is 4.74. The Balaban J connectivity index is 1.98. The van der Waals surface area contributed by atoms with Gasteiger partial charge < -0.3 is 0 Å². The van der Waals surface area contributed by atoms with Gasteiger partial charge in [0.1, 0.15) is 0 Å². The van der Waals surface area contributed by atoms with Crippen LogP contribution in [0.2, 0.25) is 0 Å². The van der Waals surface area contributed by atoms with Gasteiger partial charge in [0.2, 0.25) is 0 Å². The summed E-state index contributed by atoms with van der Waals surface area (Å²) in [6.45, 7) is 0.850. The summed E-state index contributed by atoms with van der Waals surface area (Å²) in [4.78, 5) is 0. The minimum absolute atomic E-state index is 0.357. The number of allylic oxidation sites excluding steroid dienone is 1. The molecule has 0 spiro atoms. The molecule has 0 radical (unpaired) electrons. The summed E-state index contributed by atoms with van der Waals surface area (Å²) >= 11 is 3.79. The molecule has 3 nitrogen and oxygen atoms in total. The minimum atomic E-state index is 0.357. The van der Waals surface area contributed by atoms with Gasteiger partial charge in [-0.15, -0.1) is 0 Å². The van der Waals surface area contributed by atoms with Crippen molar-refractivity contribution >= 4 is 16.1 Å². The molecule has 14 heavy (non-hydrogen) atoms. The number of halogens is 2. The fraction of sp³-hybridized carbons (Fsp3) is 0.556. The fourth-order valence-electron chi connectivity index (χ4n) is 1.53. The van der Waals surface area contributed by atoms with Crippen molar-refractivity contribution in [2.24, 2.45) is 5.73 Å². The number of hydrogen-bond donors (Lipinski definition) is 2. The maximum atomic E-state index is 5.91. The standard InChI is InChI=1S/C9H14BrIN3/c10-14-5-3-7(12)8(6-14)13-9-2-1-4-11-9/h3,5,9,13H,1-2,4,6,12H2/q-1. The van der Waals surface area contributed by atoms with E-state index in [2.05, 4.69) is 21.5 Å². The van der Waals surface area contributed by atoms with Crippen LogP contribution in [-0.2, 0) is 0 Å². The van der Waals surface area contributed by atoms with Crippen molar-refractivity contribution in [3.05, 3.63) is 23.7 Å². The Morgan fingerprint density at radius 2 is 2.50 bits per heavy atom. The molecule has 2 heterocycles. The van der Waals surface area contributed by atoms with E-state index in [1.54, 1.807) is 0 Å². The van der Waals surface area contributed by atoms with Gasteiger partial charge in [-0.25, -0.2) is 0 Å². The molecule has 2 aliphatic heterocycles. The first kappa shape index (κ1) is 10.6. The van der Waals surface area contributed by atoms with Crippen LogP contribution in [-0.4, -0.2) is 18.9 Å². The second-order valence-electron chi connectivity index (χ2n) is 3.40. The van der Waals surface area contributed by atoms with Crippen molar-refractivity contribution < 1.29 is 21.2 Å². The van der Waals surface area contributed by atoms with E-state index < -0.39 is 0 Å². The second-order valence-corrected chi connectivity index (χ2v) is 7.78. The van der Waals surface area contributed by atoms with E-state index in [0.29, 0.717) is 21.2 Å². The van der Waals surface area contributed by atoms with Crippen LogP contribution in [0.3, 0.4) is 0 Å². The average Bonchev–Trinajstić information content (AvgIpc) is 2.64. The molecular formula is C9H14BrIN3-. The summed E-state index contributed by atoms with van der Waals surface area (Å²) in [5.41, 5.74) is 7.98. The molecule has 0 amide bonds. The number of nitrogens with two attached hydrogens (primary N) is 1. The third kappa shape index (κ3) is 2.56. The van der Waals surface area contributed by atoms with Crippen LogP contribution < -0.4 is 32.3 Å². The normalized spacial score (nSPS) is 27.8. The van der Waals surface area contributed by atoms with Crippen LogP contribution in [0.15, 0.2) is 23.7 Å². The zero-order valence-corrected chi connectivity index (χ0v) is 11.6. The van der Waals surface area contributed by atoms with Gasteiger partial charge in [-0.1, -0.05) is 0 Å². The van der Waals surface area contributed by atoms with Crippen molar-refractivity contribution in [2.75, 3.05) is 11.0 Å². The van der Waals surface area contributed by atoms with Crippen LogP contribution in [0.25, 0.3) is 0 Å². The Hall–Kier alpha value is 0.0900. The third-order valence-electron chi connectivity index (χ3n) is 2.29. The first-order valence-corrected chi connectivity index (χ1v) is 8.17. The Bertz CT molecular complexity index is 271. The molecule has 1 atom stereocenters. The van der Waals surface area contributed by atoms with Crippen molar-refractivity contribution in [1.82, 2.24) is 9.24 Å². The molecule has 5 heteroatoms. The van der Waals surface area contributed by atoms with Crippen molar-refractivity contribution in [2.45, 2.75) is 16.9 Å². The summed E-state index contributed by atoms with van der Waals surface area (Å²) in [7, 11) is 0. The molecule has 1 unspecified atom stereocenters. The summed E-state index contributed by atoms with van der Waals surface area (Å²) in [6.07, 6.45) is 6.61. The van der Waals surface area contributed by atoms with Gasteiger partial charge in [-0.3, -0.25) is 0 Å². The summed E-state index contributed by atoms with van der Waals surface area (Å²) in [5.74, 6) is 0. The Kier molecular flexibility index (Phi) is 3.59. The number of rotatable bonds is 2. The van der Waals surface area contributed by atoms with Gasteiger partial charge in [0.15, 0.2) is 0 Å². The van der Waals surface area contributed by atoms with E-state index in [0.717, 1.165) is 16.3 Å². The zero-order chi connectivity index (χ0) is 9.97. The molecule has 0 saturated carbocycles. The topological polar surface area (TPSA) is 41.3 Å². The predicted molar refractivity (Wildman–Crippen MR) is 57.0 cm³/mol. The molecule has 1 saturated heterocycles. The Labute approximate surface area is 103 Å². The van der Waals surface area contributed by atoms with Gasteiger partial charge in [-0.2, -0.15) is 0 Å². The van der Waals surface area contributed by atoms with Crippen LogP contribution in [0.4, 0.5) is 0 Å². The monoisotopic (exact) mass is 370 g/mol. The molecule has 0 aliphatic carbocycles. The van der Waals surface area contributed by atoms with Crippen molar-refractivity contribution in [3.8, 4) is 0 Å². The summed E-state index contributed by atoms with van der Waals surface area (Å²) < 4.78 is 4.17. The molecule has 0 aromatic heterocycles. The van der Waals surface area contributed by atoms with E-state index in [-0.39, 0.29) is 0 Å². The number of nitrogens with zero attached hydrogens (tertiary/aromatic N) is 1. The molecule has 0 aromatic rings. The number of nitrogens with one attached hydrogen (secondary N) is 1. The van der Waals surface area contributed by atoms with Crippen LogP contribution in [0.5, 0.6) is 0 Å². The van der Waals surface area contributed by atoms with Crippen LogP contribution >= 0.6 is 16.1 Å². The molecule has 80 valence electrons. The van der Waals surface area contributed by atoms with E-state index in [1.807, 2.05) is 16.2 Å². The Morgan fingerprint density at radius 1 is 1.64 bits per heavy atom. The molecule has 3 N–H and O–H groups in total. The number of alkyl halides is 2. The van der Waals surface area contributed by atoms with E-state index in [1.165, 1.54) is 23.0 Å². The predicted octanol–water partition coefficient (Wildman–Crippen LogP) is -1.91. The van der Waals surface area contributed by atoms with Crippen LogP contribution in [0, 0.1) is 0 Å². The third-order valence-corrected chi connectivity index (χ3v) is 6.16. The molecule has 1 fully saturated rings. The average molecular weight is 371 g/mol.